The van der Waals surface area contributed by atoms with Crippen molar-refractivity contribution in [2.75, 3.05) is 4.90 Å². The second-order valence-electron chi connectivity index (χ2n) is 6.84. The van der Waals surface area contributed by atoms with Crippen LogP contribution in [0, 0.1) is 3.57 Å². The van der Waals surface area contributed by atoms with Gasteiger partial charge in [-0.05, 0) is 114 Å². The highest BCUT2D eigenvalue weighted by Gasteiger charge is 2.35. The second-order valence-corrected chi connectivity index (χ2v) is 10.2. The number of carbonyl (C=O) groups is 2. The summed E-state index contributed by atoms with van der Waals surface area (Å²) in [5.74, 6) is 0.191. The highest BCUT2D eigenvalue weighted by atomic mass is 127. The van der Waals surface area contributed by atoms with Crippen LogP contribution in [0.3, 0.4) is 0 Å². The second kappa shape index (κ2) is 9.94. The van der Waals surface area contributed by atoms with Gasteiger partial charge in [0, 0.05) is 8.59 Å². The van der Waals surface area contributed by atoms with Gasteiger partial charge in [0.1, 0.15) is 18.1 Å². The fourth-order valence-corrected chi connectivity index (χ4v) is 5.08. The van der Waals surface area contributed by atoms with Crippen molar-refractivity contribution in [3.05, 3.63) is 95.0 Å². The van der Waals surface area contributed by atoms with Crippen molar-refractivity contribution in [2.24, 2.45) is 0 Å². The Balaban J connectivity index is 1.54. The summed E-state index contributed by atoms with van der Waals surface area (Å²) in [6.07, 6.45) is 1.61. The molecule has 9 heteroatoms. The standard InChI is InChI=1S/C23H14Br2ClIN2O3/c24-18-8-14(9-19(25)21(18)32-12-13-4-6-16(27)7-5-13)10-20-22(30)29(23(31)28-20)17-3-1-2-15(26)11-17/h1-11H,12H2,(H,28,31)/b20-10+. The molecule has 0 unspecified atom stereocenters. The summed E-state index contributed by atoms with van der Waals surface area (Å²) in [4.78, 5) is 26.3. The summed E-state index contributed by atoms with van der Waals surface area (Å²) in [7, 11) is 0. The molecule has 0 aliphatic carbocycles. The lowest BCUT2D eigenvalue weighted by Crippen LogP contribution is -2.30. The molecule has 0 radical (unpaired) electrons. The zero-order chi connectivity index (χ0) is 22.8. The molecule has 1 aliphatic heterocycles. The highest BCUT2D eigenvalue weighted by molar-refractivity contribution is 14.1. The number of nitrogens with one attached hydrogen (secondary N) is 1. The van der Waals surface area contributed by atoms with E-state index in [2.05, 4.69) is 59.8 Å². The van der Waals surface area contributed by atoms with Gasteiger partial charge in [0.2, 0.25) is 0 Å². The third-order valence-corrected chi connectivity index (χ3v) is 6.70. The molecule has 1 fully saturated rings. The lowest BCUT2D eigenvalue weighted by Gasteiger charge is -2.12. The zero-order valence-electron chi connectivity index (χ0n) is 16.2. The Morgan fingerprint density at radius 1 is 1.03 bits per heavy atom. The molecule has 4 rings (SSSR count). The summed E-state index contributed by atoms with van der Waals surface area (Å²) in [5, 5.41) is 3.06. The molecule has 3 aromatic rings. The number of urea groups is 1. The number of ether oxygens (including phenoxy) is 1. The molecular formula is C23H14Br2ClIN2O3. The molecule has 32 heavy (non-hydrogen) atoms. The summed E-state index contributed by atoms with van der Waals surface area (Å²) < 4.78 is 8.56. The van der Waals surface area contributed by atoms with E-state index in [1.807, 2.05) is 36.4 Å². The van der Waals surface area contributed by atoms with Gasteiger partial charge in [-0.25, -0.2) is 9.69 Å². The Kier molecular flexibility index (Phi) is 7.24. The largest absolute Gasteiger partial charge is 0.487 e. The van der Waals surface area contributed by atoms with Crippen molar-refractivity contribution in [3.63, 3.8) is 0 Å². The fourth-order valence-electron chi connectivity index (χ4n) is 3.09. The lowest BCUT2D eigenvalue weighted by molar-refractivity contribution is -0.113. The van der Waals surface area contributed by atoms with Crippen LogP contribution >= 0.6 is 66.1 Å². The van der Waals surface area contributed by atoms with Crippen LogP contribution in [0.15, 0.2) is 75.3 Å². The van der Waals surface area contributed by atoms with Crippen molar-refractivity contribution in [3.8, 4) is 5.75 Å². The summed E-state index contributed by atoms with van der Waals surface area (Å²) >= 11 is 15.3. The van der Waals surface area contributed by atoms with Crippen molar-refractivity contribution in [2.45, 2.75) is 6.61 Å². The normalized spacial score (nSPS) is 14.8. The summed E-state index contributed by atoms with van der Waals surface area (Å²) in [6.45, 7) is 0.414. The Bertz CT molecular complexity index is 1230. The van der Waals surface area contributed by atoms with E-state index in [0.29, 0.717) is 37.6 Å². The van der Waals surface area contributed by atoms with Crippen LogP contribution in [-0.2, 0) is 11.4 Å². The maximum absolute atomic E-state index is 12.8. The molecule has 0 saturated carbocycles. The number of hydrogen-bond donors (Lipinski definition) is 1. The number of nitrogens with zero attached hydrogens (tertiary/aromatic N) is 1. The molecule has 1 aliphatic rings. The van der Waals surface area contributed by atoms with Gasteiger partial charge in [0.05, 0.1) is 14.6 Å². The Morgan fingerprint density at radius 2 is 1.72 bits per heavy atom. The smallest absolute Gasteiger partial charge is 0.333 e. The Hall–Kier alpha value is -1.88. The number of anilines is 1. The number of amides is 3. The van der Waals surface area contributed by atoms with Crippen LogP contribution in [-0.4, -0.2) is 11.9 Å². The van der Waals surface area contributed by atoms with E-state index < -0.39 is 11.9 Å². The van der Waals surface area contributed by atoms with Gasteiger partial charge < -0.3 is 10.1 Å². The molecule has 1 heterocycles. The van der Waals surface area contributed by atoms with Gasteiger partial charge in [-0.15, -0.1) is 0 Å². The maximum atomic E-state index is 12.8. The molecule has 1 N–H and O–H groups in total. The molecule has 0 bridgehead atoms. The molecular weight excluding hydrogens is 674 g/mol. The first kappa shape index (κ1) is 23.3. The number of hydrogen-bond acceptors (Lipinski definition) is 3. The van der Waals surface area contributed by atoms with Gasteiger partial charge in [0.25, 0.3) is 5.91 Å². The molecule has 0 aromatic heterocycles. The Labute approximate surface area is 220 Å². The number of carbonyl (C=O) groups excluding carboxylic acids is 2. The minimum atomic E-state index is -0.529. The van der Waals surface area contributed by atoms with Gasteiger partial charge in [-0.2, -0.15) is 0 Å². The van der Waals surface area contributed by atoms with Crippen LogP contribution in [0.4, 0.5) is 10.5 Å². The van der Waals surface area contributed by atoms with E-state index in [4.69, 9.17) is 16.3 Å². The van der Waals surface area contributed by atoms with Crippen LogP contribution in [0.25, 0.3) is 6.08 Å². The third kappa shape index (κ3) is 5.19. The first-order valence-corrected chi connectivity index (χ1v) is 12.3. The quantitative estimate of drug-likeness (QED) is 0.176. The van der Waals surface area contributed by atoms with E-state index in [0.717, 1.165) is 14.0 Å². The number of rotatable bonds is 5. The van der Waals surface area contributed by atoms with Crippen molar-refractivity contribution >= 4 is 89.8 Å². The lowest BCUT2D eigenvalue weighted by atomic mass is 10.1. The van der Waals surface area contributed by atoms with Gasteiger partial charge in [-0.1, -0.05) is 29.8 Å². The third-order valence-electron chi connectivity index (χ3n) is 4.57. The van der Waals surface area contributed by atoms with E-state index in [1.165, 1.54) is 0 Å². The molecule has 3 aromatic carbocycles. The number of halogens is 4. The van der Waals surface area contributed by atoms with Crippen LogP contribution in [0.1, 0.15) is 11.1 Å². The van der Waals surface area contributed by atoms with Gasteiger partial charge >= 0.3 is 6.03 Å². The fraction of sp³-hybridized carbons (Fsp3) is 0.0435. The topological polar surface area (TPSA) is 58.6 Å². The van der Waals surface area contributed by atoms with Gasteiger partial charge in [0.15, 0.2) is 0 Å². The molecule has 162 valence electrons. The monoisotopic (exact) mass is 686 g/mol. The number of imide groups is 1. The molecule has 1 saturated heterocycles. The predicted molar refractivity (Wildman–Crippen MR) is 141 cm³/mol. The summed E-state index contributed by atoms with van der Waals surface area (Å²) in [5.41, 5.74) is 2.34. The van der Waals surface area contributed by atoms with Crippen LogP contribution < -0.4 is 15.0 Å². The van der Waals surface area contributed by atoms with Crippen LogP contribution in [0.2, 0.25) is 5.02 Å². The molecule has 5 nitrogen and oxygen atoms in total. The SMILES string of the molecule is O=C1N/C(=C/c2cc(Br)c(OCc3ccc(I)cc3)c(Br)c2)C(=O)N1c1cccc(Cl)c1. The maximum Gasteiger partial charge on any atom is 0.333 e. The van der Waals surface area contributed by atoms with E-state index in [-0.39, 0.29) is 5.70 Å². The average molecular weight is 689 g/mol. The molecule has 3 amide bonds. The zero-order valence-corrected chi connectivity index (χ0v) is 22.3. The molecule has 0 spiro atoms. The first-order valence-electron chi connectivity index (χ1n) is 9.31. The minimum Gasteiger partial charge on any atom is -0.487 e. The van der Waals surface area contributed by atoms with E-state index >= 15 is 0 Å². The Morgan fingerprint density at radius 3 is 2.38 bits per heavy atom. The predicted octanol–water partition coefficient (Wildman–Crippen LogP) is 7.15. The van der Waals surface area contributed by atoms with Gasteiger partial charge in [-0.3, -0.25) is 4.79 Å². The van der Waals surface area contributed by atoms with E-state index in [1.54, 1.807) is 30.3 Å². The van der Waals surface area contributed by atoms with E-state index in [9.17, 15) is 9.59 Å². The first-order chi connectivity index (χ1) is 15.3. The highest BCUT2D eigenvalue weighted by Crippen LogP contribution is 2.36. The number of benzene rings is 3. The minimum absolute atomic E-state index is 0.168. The van der Waals surface area contributed by atoms with Crippen molar-refractivity contribution in [1.82, 2.24) is 5.32 Å². The van der Waals surface area contributed by atoms with Crippen LogP contribution in [0.5, 0.6) is 5.75 Å². The van der Waals surface area contributed by atoms with Crippen molar-refractivity contribution < 1.29 is 14.3 Å². The van der Waals surface area contributed by atoms with Crippen molar-refractivity contribution in [1.29, 1.82) is 0 Å². The molecule has 0 atom stereocenters. The average Bonchev–Trinajstić information content (AvgIpc) is 3.01. The summed E-state index contributed by atoms with van der Waals surface area (Å²) in [6, 6.07) is 17.8.